The van der Waals surface area contributed by atoms with Crippen LogP contribution < -0.4 is 4.72 Å². The first-order valence-electron chi connectivity index (χ1n) is 6.47. The third-order valence-corrected chi connectivity index (χ3v) is 4.55. The van der Waals surface area contributed by atoms with Crippen LogP contribution in [-0.2, 0) is 10.0 Å². The molecule has 0 saturated heterocycles. The van der Waals surface area contributed by atoms with Crippen molar-refractivity contribution in [3.8, 4) is 6.07 Å². The molecule has 0 bridgehead atoms. The lowest BCUT2D eigenvalue weighted by atomic mass is 10.1. The van der Waals surface area contributed by atoms with E-state index in [2.05, 4.69) is 4.72 Å². The van der Waals surface area contributed by atoms with Crippen molar-refractivity contribution in [3.05, 3.63) is 65.2 Å². The number of aryl methyl sites for hydroxylation is 2. The molecule has 2 aromatic carbocycles. The minimum Gasteiger partial charge on any atom is -0.207 e. The van der Waals surface area contributed by atoms with Crippen molar-refractivity contribution in [2.45, 2.75) is 24.8 Å². The highest BCUT2D eigenvalue weighted by molar-refractivity contribution is 7.89. The first-order chi connectivity index (χ1) is 9.92. The van der Waals surface area contributed by atoms with Crippen LogP contribution in [0.2, 0.25) is 0 Å². The maximum Gasteiger partial charge on any atom is 0.241 e. The standard InChI is InChI=1S/C16H16N2O2S/c1-12-6-8-15(9-7-12)21(19,20)18-16(11-17)14-5-3-4-13(2)10-14/h3-10,16,18H,1-2H3. The number of hydrogen-bond donors (Lipinski definition) is 1. The molecule has 0 radical (unpaired) electrons. The zero-order valence-electron chi connectivity index (χ0n) is 11.9. The SMILES string of the molecule is Cc1ccc(S(=O)(=O)NC(C#N)c2cccc(C)c2)cc1. The molecule has 0 aliphatic heterocycles. The van der Waals surface area contributed by atoms with E-state index in [-0.39, 0.29) is 4.90 Å². The van der Waals surface area contributed by atoms with Gasteiger partial charge in [0.05, 0.1) is 11.0 Å². The molecule has 0 aliphatic carbocycles. The lowest BCUT2D eigenvalue weighted by molar-refractivity contribution is 0.575. The third-order valence-electron chi connectivity index (χ3n) is 3.11. The quantitative estimate of drug-likeness (QED) is 0.944. The van der Waals surface area contributed by atoms with Gasteiger partial charge in [-0.15, -0.1) is 0 Å². The summed E-state index contributed by atoms with van der Waals surface area (Å²) in [7, 11) is -3.72. The molecule has 0 amide bonds. The second kappa shape index (κ2) is 6.08. The van der Waals surface area contributed by atoms with Crippen molar-refractivity contribution in [1.29, 1.82) is 5.26 Å². The van der Waals surface area contributed by atoms with E-state index in [1.54, 1.807) is 30.3 Å². The average molecular weight is 300 g/mol. The largest absolute Gasteiger partial charge is 0.241 e. The van der Waals surface area contributed by atoms with E-state index in [0.29, 0.717) is 5.56 Å². The maximum atomic E-state index is 12.3. The molecule has 21 heavy (non-hydrogen) atoms. The summed E-state index contributed by atoms with van der Waals surface area (Å²) in [6.07, 6.45) is 0. The van der Waals surface area contributed by atoms with Crippen molar-refractivity contribution >= 4 is 10.0 Å². The van der Waals surface area contributed by atoms with E-state index in [9.17, 15) is 13.7 Å². The fraction of sp³-hybridized carbons (Fsp3) is 0.188. The van der Waals surface area contributed by atoms with E-state index < -0.39 is 16.1 Å². The fourth-order valence-electron chi connectivity index (χ4n) is 1.96. The van der Waals surface area contributed by atoms with E-state index >= 15 is 0 Å². The normalized spacial score (nSPS) is 12.6. The monoisotopic (exact) mass is 300 g/mol. The van der Waals surface area contributed by atoms with Crippen molar-refractivity contribution in [3.63, 3.8) is 0 Å². The molecule has 0 spiro atoms. The molecule has 1 N–H and O–H groups in total. The number of benzene rings is 2. The summed E-state index contributed by atoms with van der Waals surface area (Å²) in [5, 5.41) is 9.25. The van der Waals surface area contributed by atoms with Crippen LogP contribution in [0.25, 0.3) is 0 Å². The van der Waals surface area contributed by atoms with Crippen LogP contribution in [0.5, 0.6) is 0 Å². The van der Waals surface area contributed by atoms with Gasteiger partial charge in [-0.1, -0.05) is 47.5 Å². The Balaban J connectivity index is 2.30. The Morgan fingerprint density at radius 3 is 2.29 bits per heavy atom. The molecular weight excluding hydrogens is 284 g/mol. The number of sulfonamides is 1. The molecule has 108 valence electrons. The van der Waals surface area contributed by atoms with Gasteiger partial charge < -0.3 is 0 Å². The molecule has 2 aromatic rings. The van der Waals surface area contributed by atoms with E-state index in [0.717, 1.165) is 11.1 Å². The summed E-state index contributed by atoms with van der Waals surface area (Å²) in [6, 6.07) is 14.8. The van der Waals surface area contributed by atoms with Crippen molar-refractivity contribution in [2.24, 2.45) is 0 Å². The Labute approximate surface area is 125 Å². The van der Waals surface area contributed by atoms with E-state index in [4.69, 9.17) is 0 Å². The summed E-state index contributed by atoms with van der Waals surface area (Å²) in [5.41, 5.74) is 2.58. The summed E-state index contributed by atoms with van der Waals surface area (Å²) in [6.45, 7) is 3.78. The van der Waals surface area contributed by atoms with Gasteiger partial charge in [-0.2, -0.15) is 9.98 Å². The zero-order chi connectivity index (χ0) is 15.5. The smallest absolute Gasteiger partial charge is 0.207 e. The van der Waals surface area contributed by atoms with Crippen LogP contribution in [0.3, 0.4) is 0 Å². The molecule has 0 aromatic heterocycles. The Hall–Kier alpha value is -2.16. The van der Waals surface area contributed by atoms with Crippen LogP contribution in [-0.4, -0.2) is 8.42 Å². The van der Waals surface area contributed by atoms with Crippen LogP contribution in [0.15, 0.2) is 53.4 Å². The van der Waals surface area contributed by atoms with Gasteiger partial charge >= 0.3 is 0 Å². The van der Waals surface area contributed by atoms with E-state index in [1.807, 2.05) is 26.0 Å². The second-order valence-corrected chi connectivity index (χ2v) is 6.62. The lowest BCUT2D eigenvalue weighted by Gasteiger charge is -2.13. The highest BCUT2D eigenvalue weighted by Gasteiger charge is 2.21. The predicted octanol–water partition coefficient (Wildman–Crippen LogP) is 2.85. The van der Waals surface area contributed by atoms with Gasteiger partial charge in [0.2, 0.25) is 10.0 Å². The Morgan fingerprint density at radius 1 is 1.05 bits per heavy atom. The summed E-state index contributed by atoms with van der Waals surface area (Å²) in [4.78, 5) is 0.154. The van der Waals surface area contributed by atoms with Gasteiger partial charge in [0.15, 0.2) is 0 Å². The molecule has 0 heterocycles. The Morgan fingerprint density at radius 2 is 1.71 bits per heavy atom. The Kier molecular flexibility index (Phi) is 4.41. The molecule has 1 atom stereocenters. The third kappa shape index (κ3) is 3.69. The van der Waals surface area contributed by atoms with Crippen molar-refractivity contribution < 1.29 is 8.42 Å². The van der Waals surface area contributed by atoms with Gasteiger partial charge in [0.25, 0.3) is 0 Å². The van der Waals surface area contributed by atoms with Crippen LogP contribution >= 0.6 is 0 Å². The number of rotatable bonds is 4. The van der Waals surface area contributed by atoms with Crippen molar-refractivity contribution in [2.75, 3.05) is 0 Å². The van der Waals surface area contributed by atoms with Gasteiger partial charge in [-0.25, -0.2) is 8.42 Å². The molecular formula is C16H16N2O2S. The molecule has 0 aliphatic rings. The molecule has 2 rings (SSSR count). The molecule has 0 fully saturated rings. The minimum absolute atomic E-state index is 0.154. The highest BCUT2D eigenvalue weighted by Crippen LogP contribution is 2.18. The summed E-state index contributed by atoms with van der Waals surface area (Å²) < 4.78 is 27.1. The number of nitriles is 1. The summed E-state index contributed by atoms with van der Waals surface area (Å²) >= 11 is 0. The zero-order valence-corrected chi connectivity index (χ0v) is 12.7. The average Bonchev–Trinajstić information content (AvgIpc) is 2.45. The number of nitrogens with one attached hydrogen (secondary N) is 1. The van der Waals surface area contributed by atoms with Gasteiger partial charge in [0.1, 0.15) is 6.04 Å². The first-order valence-corrected chi connectivity index (χ1v) is 7.96. The molecule has 4 nitrogen and oxygen atoms in total. The lowest BCUT2D eigenvalue weighted by Crippen LogP contribution is -2.27. The van der Waals surface area contributed by atoms with Gasteiger partial charge in [-0.05, 0) is 31.5 Å². The molecule has 5 heteroatoms. The Bertz CT molecular complexity index is 775. The summed E-state index contributed by atoms with van der Waals surface area (Å²) in [5.74, 6) is 0. The predicted molar refractivity (Wildman–Crippen MR) is 81.0 cm³/mol. The van der Waals surface area contributed by atoms with Gasteiger partial charge in [0, 0.05) is 0 Å². The number of nitrogens with zero attached hydrogens (tertiary/aromatic N) is 1. The van der Waals surface area contributed by atoms with Gasteiger partial charge in [-0.3, -0.25) is 0 Å². The second-order valence-electron chi connectivity index (χ2n) is 4.91. The first kappa shape index (κ1) is 15.2. The van der Waals surface area contributed by atoms with E-state index in [1.165, 1.54) is 12.1 Å². The molecule has 0 saturated carbocycles. The van der Waals surface area contributed by atoms with Crippen LogP contribution in [0.4, 0.5) is 0 Å². The topological polar surface area (TPSA) is 70.0 Å². The highest BCUT2D eigenvalue weighted by atomic mass is 32.2. The fourth-order valence-corrected chi connectivity index (χ4v) is 3.09. The molecule has 1 unspecified atom stereocenters. The van der Waals surface area contributed by atoms with Crippen LogP contribution in [0.1, 0.15) is 22.7 Å². The van der Waals surface area contributed by atoms with Crippen molar-refractivity contribution in [1.82, 2.24) is 4.72 Å². The minimum atomic E-state index is -3.72. The maximum absolute atomic E-state index is 12.3. The van der Waals surface area contributed by atoms with Crippen LogP contribution in [0, 0.1) is 25.2 Å². The number of hydrogen-bond acceptors (Lipinski definition) is 3.